The van der Waals surface area contributed by atoms with Crippen molar-refractivity contribution in [2.24, 2.45) is 0 Å². The summed E-state index contributed by atoms with van der Waals surface area (Å²) in [4.78, 5) is 25.9. The standard InChI is InChI=1S/C13H24N2O3/c1-5-8-18-9-7-15-11(16)10(3)14-12(17)13(15,4)6-2/h10H,5-9H2,1-4H3,(H,14,17). The van der Waals surface area contributed by atoms with Gasteiger partial charge in [0, 0.05) is 13.2 Å². The first-order valence-corrected chi connectivity index (χ1v) is 6.67. The predicted octanol–water partition coefficient (Wildman–Crippen LogP) is 0.929. The molecular formula is C13H24N2O3. The van der Waals surface area contributed by atoms with Crippen LogP contribution in [0.4, 0.5) is 0 Å². The minimum Gasteiger partial charge on any atom is -0.380 e. The highest BCUT2D eigenvalue weighted by atomic mass is 16.5. The molecule has 5 nitrogen and oxygen atoms in total. The summed E-state index contributed by atoms with van der Waals surface area (Å²) in [6.45, 7) is 9.13. The third-order valence-corrected chi connectivity index (χ3v) is 3.57. The Morgan fingerprint density at radius 2 is 2.00 bits per heavy atom. The number of nitrogens with zero attached hydrogens (tertiary/aromatic N) is 1. The molecule has 1 fully saturated rings. The lowest BCUT2D eigenvalue weighted by molar-refractivity contribution is -0.157. The maximum Gasteiger partial charge on any atom is 0.246 e. The molecular weight excluding hydrogens is 232 g/mol. The van der Waals surface area contributed by atoms with Gasteiger partial charge >= 0.3 is 0 Å². The van der Waals surface area contributed by atoms with Crippen LogP contribution in [0.25, 0.3) is 0 Å². The van der Waals surface area contributed by atoms with Crippen LogP contribution in [0.3, 0.4) is 0 Å². The van der Waals surface area contributed by atoms with Crippen molar-refractivity contribution in [3.63, 3.8) is 0 Å². The van der Waals surface area contributed by atoms with Gasteiger partial charge in [-0.2, -0.15) is 0 Å². The summed E-state index contributed by atoms with van der Waals surface area (Å²) in [5, 5.41) is 2.73. The molecule has 0 aliphatic carbocycles. The van der Waals surface area contributed by atoms with Crippen molar-refractivity contribution in [2.75, 3.05) is 19.8 Å². The largest absolute Gasteiger partial charge is 0.380 e. The van der Waals surface area contributed by atoms with E-state index in [0.717, 1.165) is 6.42 Å². The number of hydrogen-bond donors (Lipinski definition) is 1. The maximum absolute atomic E-state index is 12.2. The molecule has 2 atom stereocenters. The number of nitrogens with one attached hydrogen (secondary N) is 1. The Labute approximate surface area is 109 Å². The van der Waals surface area contributed by atoms with E-state index < -0.39 is 11.6 Å². The van der Waals surface area contributed by atoms with Crippen LogP contribution in [0.2, 0.25) is 0 Å². The minimum absolute atomic E-state index is 0.0287. The second-order valence-electron chi connectivity index (χ2n) is 4.92. The Morgan fingerprint density at radius 1 is 1.33 bits per heavy atom. The number of rotatable bonds is 6. The van der Waals surface area contributed by atoms with Crippen LogP contribution in [0.5, 0.6) is 0 Å². The Bertz CT molecular complexity index is 319. The molecule has 5 heteroatoms. The molecule has 1 N–H and O–H groups in total. The van der Waals surface area contributed by atoms with Crippen LogP contribution < -0.4 is 5.32 Å². The fraction of sp³-hybridized carbons (Fsp3) is 0.846. The highest BCUT2D eigenvalue weighted by molar-refractivity contribution is 5.99. The molecule has 0 radical (unpaired) electrons. The summed E-state index contributed by atoms with van der Waals surface area (Å²) in [7, 11) is 0. The third-order valence-electron chi connectivity index (χ3n) is 3.57. The summed E-state index contributed by atoms with van der Waals surface area (Å²) < 4.78 is 5.42. The second-order valence-corrected chi connectivity index (χ2v) is 4.92. The number of hydrogen-bond acceptors (Lipinski definition) is 3. The Kier molecular flexibility index (Phi) is 5.14. The van der Waals surface area contributed by atoms with Gasteiger partial charge in [-0.15, -0.1) is 0 Å². The molecule has 104 valence electrons. The smallest absolute Gasteiger partial charge is 0.246 e. The normalized spacial score (nSPS) is 28.4. The molecule has 1 rings (SSSR count). The van der Waals surface area contributed by atoms with Crippen LogP contribution in [0, 0.1) is 0 Å². The molecule has 0 spiro atoms. The van der Waals surface area contributed by atoms with Crippen molar-refractivity contribution in [3.05, 3.63) is 0 Å². The summed E-state index contributed by atoms with van der Waals surface area (Å²) in [6, 6.07) is -0.441. The number of piperazine rings is 1. The number of ether oxygens (including phenoxy) is 1. The molecule has 1 aliphatic rings. The van der Waals surface area contributed by atoms with Crippen molar-refractivity contribution in [2.45, 2.75) is 52.1 Å². The van der Waals surface area contributed by atoms with E-state index in [4.69, 9.17) is 4.74 Å². The van der Waals surface area contributed by atoms with Gasteiger partial charge in [0.25, 0.3) is 0 Å². The van der Waals surface area contributed by atoms with E-state index in [1.165, 1.54) is 0 Å². The zero-order valence-electron chi connectivity index (χ0n) is 11.8. The van der Waals surface area contributed by atoms with Gasteiger partial charge < -0.3 is 15.0 Å². The first-order valence-electron chi connectivity index (χ1n) is 6.67. The quantitative estimate of drug-likeness (QED) is 0.719. The molecule has 1 heterocycles. The van der Waals surface area contributed by atoms with Crippen molar-refractivity contribution in [3.8, 4) is 0 Å². The van der Waals surface area contributed by atoms with Crippen molar-refractivity contribution >= 4 is 11.8 Å². The van der Waals surface area contributed by atoms with E-state index in [9.17, 15) is 9.59 Å². The molecule has 0 bridgehead atoms. The van der Waals surface area contributed by atoms with Crippen LogP contribution >= 0.6 is 0 Å². The highest BCUT2D eigenvalue weighted by Gasteiger charge is 2.46. The van der Waals surface area contributed by atoms with Gasteiger partial charge in [-0.25, -0.2) is 0 Å². The molecule has 2 amide bonds. The van der Waals surface area contributed by atoms with E-state index >= 15 is 0 Å². The van der Waals surface area contributed by atoms with E-state index in [1.54, 1.807) is 11.8 Å². The summed E-state index contributed by atoms with van der Waals surface area (Å²) >= 11 is 0. The third kappa shape index (κ3) is 2.83. The second kappa shape index (κ2) is 6.18. The topological polar surface area (TPSA) is 58.6 Å². The number of amides is 2. The monoisotopic (exact) mass is 256 g/mol. The lowest BCUT2D eigenvalue weighted by Gasteiger charge is -2.45. The Hall–Kier alpha value is -1.10. The first kappa shape index (κ1) is 15.0. The first-order chi connectivity index (χ1) is 8.47. The predicted molar refractivity (Wildman–Crippen MR) is 69.1 cm³/mol. The van der Waals surface area contributed by atoms with Crippen molar-refractivity contribution < 1.29 is 14.3 Å². The molecule has 0 saturated carbocycles. The zero-order chi connectivity index (χ0) is 13.8. The summed E-state index contributed by atoms with van der Waals surface area (Å²) in [6.07, 6.45) is 1.56. The molecule has 1 saturated heterocycles. The lowest BCUT2D eigenvalue weighted by Crippen LogP contribution is -2.69. The average Bonchev–Trinajstić information content (AvgIpc) is 2.35. The number of carbonyl (C=O) groups excluding carboxylic acids is 2. The Balaban J connectivity index is 2.73. The van der Waals surface area contributed by atoms with Gasteiger partial charge in [0.15, 0.2) is 0 Å². The van der Waals surface area contributed by atoms with E-state index in [2.05, 4.69) is 5.32 Å². The zero-order valence-corrected chi connectivity index (χ0v) is 11.8. The van der Waals surface area contributed by atoms with Crippen LogP contribution in [0.15, 0.2) is 0 Å². The van der Waals surface area contributed by atoms with E-state index in [0.29, 0.717) is 26.2 Å². The van der Waals surface area contributed by atoms with Gasteiger partial charge in [0.2, 0.25) is 11.8 Å². The van der Waals surface area contributed by atoms with Gasteiger partial charge in [0.05, 0.1) is 6.61 Å². The van der Waals surface area contributed by atoms with Crippen LogP contribution in [0.1, 0.15) is 40.5 Å². The van der Waals surface area contributed by atoms with Gasteiger partial charge in [-0.05, 0) is 26.7 Å². The molecule has 0 aromatic heterocycles. The molecule has 18 heavy (non-hydrogen) atoms. The van der Waals surface area contributed by atoms with Crippen LogP contribution in [-0.2, 0) is 14.3 Å². The maximum atomic E-state index is 12.2. The SMILES string of the molecule is CCCOCCN1C(=O)C(C)NC(=O)C1(C)CC. The fourth-order valence-electron chi connectivity index (χ4n) is 2.12. The molecule has 2 unspecified atom stereocenters. The molecule has 0 aromatic rings. The average molecular weight is 256 g/mol. The Morgan fingerprint density at radius 3 is 2.56 bits per heavy atom. The van der Waals surface area contributed by atoms with E-state index in [1.807, 2.05) is 20.8 Å². The highest BCUT2D eigenvalue weighted by Crippen LogP contribution is 2.24. The van der Waals surface area contributed by atoms with Gasteiger partial charge in [-0.1, -0.05) is 13.8 Å². The van der Waals surface area contributed by atoms with Gasteiger partial charge in [-0.3, -0.25) is 9.59 Å². The lowest BCUT2D eigenvalue weighted by atomic mass is 9.91. The summed E-state index contributed by atoms with van der Waals surface area (Å²) in [5.74, 6) is -0.105. The van der Waals surface area contributed by atoms with Crippen molar-refractivity contribution in [1.29, 1.82) is 0 Å². The molecule has 0 aromatic carbocycles. The minimum atomic E-state index is -0.751. The molecule has 1 aliphatic heterocycles. The van der Waals surface area contributed by atoms with Crippen molar-refractivity contribution in [1.82, 2.24) is 10.2 Å². The number of carbonyl (C=O) groups is 2. The fourth-order valence-corrected chi connectivity index (χ4v) is 2.12. The van der Waals surface area contributed by atoms with Gasteiger partial charge in [0.1, 0.15) is 11.6 Å². The van der Waals surface area contributed by atoms with Crippen LogP contribution in [-0.4, -0.2) is 48.1 Å². The summed E-state index contributed by atoms with van der Waals surface area (Å²) in [5.41, 5.74) is -0.751. The van der Waals surface area contributed by atoms with E-state index in [-0.39, 0.29) is 11.8 Å².